The van der Waals surface area contributed by atoms with Crippen molar-refractivity contribution in [1.82, 2.24) is 38.9 Å². The predicted octanol–water partition coefficient (Wildman–Crippen LogP) is 4.36. The molecule has 5 heterocycles. The Kier molecular flexibility index (Phi) is 8.29. The third-order valence-electron chi connectivity index (χ3n) is 12.3. The van der Waals surface area contributed by atoms with E-state index in [9.17, 15) is 37.5 Å². The van der Waals surface area contributed by atoms with E-state index in [1.807, 2.05) is 0 Å². The number of carbonyl (C=O) groups excluding carboxylic acids is 3. The number of amides is 3. The molecule has 294 valence electrons. The van der Waals surface area contributed by atoms with E-state index in [4.69, 9.17) is 23.2 Å². The minimum atomic E-state index is -4.63. The second-order valence-electron chi connectivity index (χ2n) is 15.5. The number of likely N-dealkylation sites (tertiary alicyclic amines) is 1. The maximum atomic E-state index is 14.7. The summed E-state index contributed by atoms with van der Waals surface area (Å²) in [6, 6.07) is 2.64. The molecule has 0 radical (unpaired) electrons. The van der Waals surface area contributed by atoms with Crippen molar-refractivity contribution >= 4 is 46.4 Å². The SMILES string of the molecule is [C-]#[N+]C1(C(=O)N2CC=C(c3nc4n(CC(=O)Nc5ccc(C(F)(F)F)cc5Cl)c5c(c(=O)n4n3)C3(CCN(C(=O)c4ncnc(C)c4O)CC3)[C@@H]3C[C@H]53)CC2)CC1. The van der Waals surface area contributed by atoms with Gasteiger partial charge in [-0.15, -0.1) is 5.10 Å². The number of hydrogen-bond donors (Lipinski definition) is 2. The smallest absolute Gasteiger partial charge is 0.416 e. The van der Waals surface area contributed by atoms with E-state index in [1.165, 1.54) is 10.8 Å². The summed E-state index contributed by atoms with van der Waals surface area (Å²) in [5.74, 6) is -1.25. The van der Waals surface area contributed by atoms with Gasteiger partial charge in [0.05, 0.1) is 22.0 Å². The summed E-state index contributed by atoms with van der Waals surface area (Å²) in [7, 11) is 0. The van der Waals surface area contributed by atoms with Gasteiger partial charge in [0.15, 0.2) is 17.3 Å². The summed E-state index contributed by atoms with van der Waals surface area (Å²) in [6.45, 7) is 9.80. The fraction of sp³-hybridized carbons (Fsp3) is 0.447. The van der Waals surface area contributed by atoms with Gasteiger partial charge < -0.3 is 24.8 Å². The van der Waals surface area contributed by atoms with Crippen molar-refractivity contribution in [1.29, 1.82) is 0 Å². The topological polar surface area (TPSA) is 172 Å². The lowest BCUT2D eigenvalue weighted by atomic mass is 9.71. The minimum absolute atomic E-state index is 0.0223. The van der Waals surface area contributed by atoms with Gasteiger partial charge in [0.2, 0.25) is 11.7 Å². The molecule has 1 aromatic carbocycles. The molecule has 1 spiro atoms. The average molecular weight is 803 g/mol. The van der Waals surface area contributed by atoms with Crippen molar-refractivity contribution in [2.24, 2.45) is 5.92 Å². The fourth-order valence-electron chi connectivity index (χ4n) is 8.98. The molecule has 15 nitrogen and oxygen atoms in total. The van der Waals surface area contributed by atoms with E-state index in [0.29, 0.717) is 55.5 Å². The quantitative estimate of drug-likeness (QED) is 0.269. The number of halogens is 4. The lowest BCUT2D eigenvalue weighted by Crippen LogP contribution is -2.48. The van der Waals surface area contributed by atoms with Crippen molar-refractivity contribution in [2.75, 3.05) is 31.5 Å². The lowest BCUT2D eigenvalue weighted by molar-refractivity contribution is -0.137. The maximum Gasteiger partial charge on any atom is 0.416 e. The van der Waals surface area contributed by atoms with E-state index in [1.54, 1.807) is 27.4 Å². The lowest BCUT2D eigenvalue weighted by Gasteiger charge is -2.41. The molecule has 2 saturated carbocycles. The van der Waals surface area contributed by atoms with Crippen LogP contribution in [0.5, 0.6) is 5.75 Å². The second kappa shape index (κ2) is 12.8. The average Bonchev–Trinajstić information content (AvgIpc) is 4.11. The zero-order valence-corrected chi connectivity index (χ0v) is 31.2. The van der Waals surface area contributed by atoms with Gasteiger partial charge >= 0.3 is 17.6 Å². The number of alkyl halides is 3. The summed E-state index contributed by atoms with van der Waals surface area (Å²) in [4.78, 5) is 74.5. The standard InChI is InChI=1S/C38H34ClF3N10O5/c1-19-30(54)28(45-18-44-19)33(56)49-13-9-36(10-14-49)23-16-22(23)29-27(36)32(55)52-35(51(29)17-26(53)46-25-4-3-21(15-24(25)39)38(40,41)42)47-31(48-52)20-5-11-50(12-6-20)34(57)37(43-2)7-8-37/h3-5,15,18,22-23,54H,6-14,16-17H2,1H3,(H,46,53)/t22-,23+/m0/s1. The summed E-state index contributed by atoms with van der Waals surface area (Å²) < 4.78 is 42.8. The Morgan fingerprint density at radius 2 is 1.86 bits per heavy atom. The molecule has 3 fully saturated rings. The molecule has 2 N–H and O–H groups in total. The van der Waals surface area contributed by atoms with Crippen LogP contribution in [0.25, 0.3) is 16.2 Å². The molecule has 3 amide bonds. The second-order valence-corrected chi connectivity index (χ2v) is 15.9. The molecule has 9 rings (SSSR count). The first-order valence-electron chi connectivity index (χ1n) is 18.5. The fourth-order valence-corrected chi connectivity index (χ4v) is 9.21. The van der Waals surface area contributed by atoms with Crippen LogP contribution in [0, 0.1) is 19.4 Å². The molecule has 57 heavy (non-hydrogen) atoms. The molecular weight excluding hydrogens is 769 g/mol. The highest BCUT2D eigenvalue weighted by Crippen LogP contribution is 2.67. The Labute approximate surface area is 327 Å². The summed E-state index contributed by atoms with van der Waals surface area (Å²) in [6.07, 6.45) is 1.42. The predicted molar refractivity (Wildman–Crippen MR) is 196 cm³/mol. The molecule has 2 atom stereocenters. The van der Waals surface area contributed by atoms with E-state index in [-0.39, 0.29) is 83.4 Å². The molecule has 4 aromatic rings. The first kappa shape index (κ1) is 36.8. The van der Waals surface area contributed by atoms with E-state index >= 15 is 0 Å². The largest absolute Gasteiger partial charge is 0.504 e. The van der Waals surface area contributed by atoms with Crippen LogP contribution in [-0.4, -0.2) is 93.5 Å². The summed E-state index contributed by atoms with van der Waals surface area (Å²) >= 11 is 6.18. The van der Waals surface area contributed by atoms with E-state index < -0.39 is 40.1 Å². The van der Waals surface area contributed by atoms with E-state index in [2.05, 4.69) is 25.2 Å². The van der Waals surface area contributed by atoms with Gasteiger partial charge in [-0.05, 0) is 62.3 Å². The van der Waals surface area contributed by atoms with Crippen molar-refractivity contribution in [2.45, 2.75) is 75.0 Å². The van der Waals surface area contributed by atoms with Gasteiger partial charge in [-0.3, -0.25) is 24.0 Å². The highest BCUT2D eigenvalue weighted by atomic mass is 35.5. The highest BCUT2D eigenvalue weighted by molar-refractivity contribution is 6.33. The summed E-state index contributed by atoms with van der Waals surface area (Å²) in [5, 5.41) is 17.5. The third-order valence-corrected chi connectivity index (χ3v) is 12.6. The van der Waals surface area contributed by atoms with Crippen LogP contribution in [0.3, 0.4) is 0 Å². The Morgan fingerprint density at radius 1 is 1.11 bits per heavy atom. The van der Waals surface area contributed by atoms with Gasteiger partial charge in [-0.2, -0.15) is 22.7 Å². The molecule has 0 bridgehead atoms. The van der Waals surface area contributed by atoms with Crippen LogP contribution >= 0.6 is 11.6 Å². The number of piperidine rings is 1. The number of aryl methyl sites for hydroxylation is 1. The molecule has 2 aliphatic heterocycles. The maximum absolute atomic E-state index is 14.7. The van der Waals surface area contributed by atoms with Crippen LogP contribution in [-0.2, 0) is 27.7 Å². The Bertz CT molecular complexity index is 2570. The van der Waals surface area contributed by atoms with Crippen LogP contribution in [0.2, 0.25) is 5.02 Å². The summed E-state index contributed by atoms with van der Waals surface area (Å²) in [5.41, 5.74) is -1.02. The van der Waals surface area contributed by atoms with Crippen molar-refractivity contribution in [3.8, 4) is 5.75 Å². The molecule has 5 aliphatic rings. The first-order chi connectivity index (χ1) is 27.2. The van der Waals surface area contributed by atoms with Crippen LogP contribution < -0.4 is 10.9 Å². The van der Waals surface area contributed by atoms with Gasteiger partial charge in [-0.1, -0.05) is 17.7 Å². The zero-order valence-electron chi connectivity index (χ0n) is 30.4. The number of nitrogens with zero attached hydrogens (tertiary/aromatic N) is 9. The van der Waals surface area contributed by atoms with Gasteiger partial charge in [0.25, 0.3) is 11.5 Å². The molecule has 3 aromatic heterocycles. The molecule has 19 heteroatoms. The number of rotatable bonds is 6. The number of carbonyl (C=O) groups is 3. The number of benzene rings is 1. The zero-order chi connectivity index (χ0) is 40.2. The van der Waals surface area contributed by atoms with E-state index in [0.717, 1.165) is 24.6 Å². The van der Waals surface area contributed by atoms with Crippen LogP contribution in [0.15, 0.2) is 35.4 Å². The van der Waals surface area contributed by atoms with Crippen molar-refractivity contribution < 1.29 is 32.7 Å². The Hall–Kier alpha value is -5.83. The molecular formula is C38H34ClF3N10O5. The Morgan fingerprint density at radius 3 is 2.51 bits per heavy atom. The van der Waals surface area contributed by atoms with Crippen LogP contribution in [0.1, 0.15) is 83.3 Å². The Balaban J connectivity index is 1.07. The van der Waals surface area contributed by atoms with Crippen molar-refractivity contribution in [3.05, 3.63) is 91.4 Å². The first-order valence-corrected chi connectivity index (χ1v) is 18.9. The number of hydrogen-bond acceptors (Lipinski definition) is 9. The normalized spacial score (nSPS) is 21.4. The minimum Gasteiger partial charge on any atom is -0.504 e. The third kappa shape index (κ3) is 5.84. The van der Waals surface area contributed by atoms with Gasteiger partial charge in [-0.25, -0.2) is 16.5 Å². The monoisotopic (exact) mass is 802 g/mol. The number of aromatic nitrogens is 6. The van der Waals surface area contributed by atoms with Crippen LogP contribution in [0.4, 0.5) is 18.9 Å². The molecule has 1 saturated heterocycles. The molecule has 0 unspecified atom stereocenters. The molecule has 3 aliphatic carbocycles. The highest BCUT2D eigenvalue weighted by Gasteiger charge is 2.64. The number of nitrogens with one attached hydrogen (secondary N) is 1. The van der Waals surface area contributed by atoms with Crippen molar-refractivity contribution in [3.63, 3.8) is 0 Å². The van der Waals surface area contributed by atoms with Gasteiger partial charge in [0, 0.05) is 61.6 Å². The number of fused-ring (bicyclic) bond motifs is 6. The number of anilines is 1. The number of aromatic hydroxyl groups is 1. The van der Waals surface area contributed by atoms with Gasteiger partial charge in [0.1, 0.15) is 12.9 Å².